The number of fused-ring (bicyclic) bond motifs is 8. The maximum absolute atomic E-state index is 11.8. The Morgan fingerprint density at radius 3 is 2.64 bits per heavy atom. The van der Waals surface area contributed by atoms with Crippen LogP contribution < -0.4 is 5.32 Å². The van der Waals surface area contributed by atoms with Gasteiger partial charge >= 0.3 is 5.97 Å². The lowest BCUT2D eigenvalue weighted by Crippen LogP contribution is -2.58. The Hall–Kier alpha value is -0.610. The van der Waals surface area contributed by atoms with Crippen molar-refractivity contribution in [2.24, 2.45) is 46.3 Å². The van der Waals surface area contributed by atoms with Crippen LogP contribution in [0.5, 0.6) is 0 Å². The van der Waals surface area contributed by atoms with E-state index in [1.54, 1.807) is 6.92 Å². The zero-order chi connectivity index (χ0) is 19.8. The predicted molar refractivity (Wildman–Crippen MR) is 108 cm³/mol. The van der Waals surface area contributed by atoms with Crippen molar-refractivity contribution in [3.63, 3.8) is 0 Å². The lowest BCUT2D eigenvalue weighted by atomic mass is 9.45. The Bertz CT molecular complexity index is 650. The number of carbonyl (C=O) groups excluding carboxylic acids is 1. The van der Waals surface area contributed by atoms with Crippen molar-refractivity contribution >= 4 is 5.97 Å². The van der Waals surface area contributed by atoms with Crippen LogP contribution in [0.1, 0.15) is 73.1 Å². The van der Waals surface area contributed by atoms with Gasteiger partial charge in [0.25, 0.3) is 0 Å². The van der Waals surface area contributed by atoms with Gasteiger partial charge in [0.2, 0.25) is 0 Å². The summed E-state index contributed by atoms with van der Waals surface area (Å²) in [5.41, 5.74) is 0.627. The minimum atomic E-state index is -0.103. The van der Waals surface area contributed by atoms with Crippen LogP contribution in [-0.4, -0.2) is 30.9 Å². The van der Waals surface area contributed by atoms with Gasteiger partial charge in [-0.1, -0.05) is 27.7 Å². The molecular weight excluding hydrogens is 350 g/mol. The minimum absolute atomic E-state index is 0.103. The fraction of sp³-hybridized carbons (Fsp3) is 0.958. The number of nitrogens with one attached hydrogen (secondary N) is 1. The number of rotatable bonds is 2. The average Bonchev–Trinajstić information content (AvgIpc) is 3.15. The Morgan fingerprint density at radius 2 is 1.93 bits per heavy atom. The summed E-state index contributed by atoms with van der Waals surface area (Å²) in [6, 6.07) is 0. The van der Waals surface area contributed by atoms with Crippen LogP contribution in [-0.2, 0) is 14.3 Å². The van der Waals surface area contributed by atoms with E-state index in [0.29, 0.717) is 40.9 Å². The van der Waals surface area contributed by atoms with E-state index in [9.17, 15) is 4.79 Å². The summed E-state index contributed by atoms with van der Waals surface area (Å²) >= 11 is 0. The van der Waals surface area contributed by atoms with E-state index in [1.807, 2.05) is 0 Å². The quantitative estimate of drug-likeness (QED) is 0.712. The van der Waals surface area contributed by atoms with E-state index in [-0.39, 0.29) is 12.1 Å². The zero-order valence-corrected chi connectivity index (χ0v) is 18.4. The molecule has 1 N–H and O–H groups in total. The first-order valence-corrected chi connectivity index (χ1v) is 11.8. The van der Waals surface area contributed by atoms with Crippen molar-refractivity contribution in [3.8, 4) is 0 Å². The van der Waals surface area contributed by atoms with Crippen molar-refractivity contribution in [2.45, 2.75) is 91.6 Å². The topological polar surface area (TPSA) is 47.6 Å². The highest BCUT2D eigenvalue weighted by atomic mass is 16.5. The van der Waals surface area contributed by atoms with Crippen molar-refractivity contribution in [1.82, 2.24) is 5.32 Å². The molecule has 5 aliphatic rings. The number of ether oxygens (including phenoxy) is 2. The number of carbonyl (C=O) groups is 1. The minimum Gasteiger partial charge on any atom is -0.462 e. The summed E-state index contributed by atoms with van der Waals surface area (Å²) in [5, 5.41) is 3.62. The Morgan fingerprint density at radius 1 is 1.14 bits per heavy atom. The van der Waals surface area contributed by atoms with Crippen LogP contribution >= 0.6 is 0 Å². The van der Waals surface area contributed by atoms with Gasteiger partial charge in [-0.15, -0.1) is 0 Å². The van der Waals surface area contributed by atoms with Crippen molar-refractivity contribution in [3.05, 3.63) is 0 Å². The molecule has 10 unspecified atom stereocenters. The molecule has 2 saturated heterocycles. The number of hydrogen-bond acceptors (Lipinski definition) is 4. The average molecular weight is 390 g/mol. The van der Waals surface area contributed by atoms with Gasteiger partial charge in [0, 0.05) is 24.8 Å². The van der Waals surface area contributed by atoms with Gasteiger partial charge in [-0.25, -0.2) is 0 Å². The largest absolute Gasteiger partial charge is 0.462 e. The second-order valence-corrected chi connectivity index (χ2v) is 11.5. The molecule has 0 radical (unpaired) electrons. The molecule has 2 bridgehead atoms. The van der Waals surface area contributed by atoms with Crippen molar-refractivity contribution < 1.29 is 14.3 Å². The molecule has 4 heteroatoms. The molecule has 3 aliphatic carbocycles. The van der Waals surface area contributed by atoms with Gasteiger partial charge in [0.15, 0.2) is 0 Å². The fourth-order valence-corrected chi connectivity index (χ4v) is 9.19. The summed E-state index contributed by atoms with van der Waals surface area (Å²) < 4.78 is 12.3. The maximum atomic E-state index is 11.8. The predicted octanol–water partition coefficient (Wildman–Crippen LogP) is 4.38. The number of hydrogen-bond donors (Lipinski definition) is 1. The Balaban J connectivity index is 1.47. The summed E-state index contributed by atoms with van der Waals surface area (Å²) in [5.74, 6) is 3.97. The second kappa shape index (κ2) is 6.44. The summed E-state index contributed by atoms with van der Waals surface area (Å²) in [6.45, 7) is 12.4. The third-order valence-electron chi connectivity index (χ3n) is 10.1. The van der Waals surface area contributed by atoms with Crippen LogP contribution in [0.3, 0.4) is 0 Å². The fourth-order valence-electron chi connectivity index (χ4n) is 9.19. The highest BCUT2D eigenvalue weighted by molar-refractivity contribution is 5.66. The summed E-state index contributed by atoms with van der Waals surface area (Å²) in [4.78, 5) is 11.8. The van der Waals surface area contributed by atoms with E-state index in [1.165, 1.54) is 32.1 Å². The van der Waals surface area contributed by atoms with E-state index >= 15 is 0 Å². The Labute approximate surface area is 170 Å². The molecule has 158 valence electrons. The molecule has 0 aromatic carbocycles. The normalized spacial score (nSPS) is 54.8. The van der Waals surface area contributed by atoms with Crippen LogP contribution in [0.4, 0.5) is 0 Å². The second-order valence-electron chi connectivity index (χ2n) is 11.5. The first kappa shape index (κ1) is 19.4. The third kappa shape index (κ3) is 2.52. The highest BCUT2D eigenvalue weighted by Crippen LogP contribution is 2.68. The molecule has 5 fully saturated rings. The molecular formula is C24H39NO3. The van der Waals surface area contributed by atoms with E-state index in [4.69, 9.17) is 9.47 Å². The number of esters is 1. The maximum Gasteiger partial charge on any atom is 0.302 e. The van der Waals surface area contributed by atoms with Crippen molar-refractivity contribution in [1.29, 1.82) is 0 Å². The molecule has 0 amide bonds. The molecule has 5 rings (SSSR count). The van der Waals surface area contributed by atoms with Crippen LogP contribution in [0.15, 0.2) is 0 Å². The van der Waals surface area contributed by atoms with Gasteiger partial charge in [0.1, 0.15) is 12.3 Å². The standard InChI is InChI=1S/C24H39NO3/c1-13(2)22-19(27-14(3)26)11-18-16-7-6-15-10-21-25-12-20(28-21)24(15,5)17(16)8-9-23(18,22)4/h13,15-22,25H,6-12H2,1-5H3. The molecule has 0 spiro atoms. The van der Waals surface area contributed by atoms with E-state index in [0.717, 1.165) is 30.7 Å². The lowest BCUT2D eigenvalue weighted by Gasteiger charge is -2.61. The SMILES string of the molecule is CC(=O)OC1CC2C3CCC4CC5NCC(O5)C4(C)C3CCC2(C)C1C(C)C. The summed E-state index contributed by atoms with van der Waals surface area (Å²) in [6.07, 6.45) is 8.40. The third-order valence-corrected chi connectivity index (χ3v) is 10.1. The lowest BCUT2D eigenvalue weighted by molar-refractivity contribution is -0.194. The van der Waals surface area contributed by atoms with E-state index in [2.05, 4.69) is 33.0 Å². The molecule has 0 aromatic rings. The zero-order valence-electron chi connectivity index (χ0n) is 18.4. The molecule has 28 heavy (non-hydrogen) atoms. The molecule has 2 heterocycles. The van der Waals surface area contributed by atoms with Crippen molar-refractivity contribution in [2.75, 3.05) is 6.54 Å². The first-order valence-electron chi connectivity index (χ1n) is 11.8. The van der Waals surface area contributed by atoms with Gasteiger partial charge in [-0.2, -0.15) is 0 Å². The molecule has 10 atom stereocenters. The molecule has 4 nitrogen and oxygen atoms in total. The smallest absolute Gasteiger partial charge is 0.302 e. The first-order chi connectivity index (χ1) is 13.2. The van der Waals surface area contributed by atoms with Gasteiger partial charge in [0.05, 0.1) is 6.10 Å². The van der Waals surface area contributed by atoms with Crippen LogP contribution in [0, 0.1) is 46.3 Å². The van der Waals surface area contributed by atoms with Crippen LogP contribution in [0.2, 0.25) is 0 Å². The molecule has 0 aromatic heterocycles. The molecule has 3 saturated carbocycles. The van der Waals surface area contributed by atoms with Gasteiger partial charge < -0.3 is 9.47 Å². The Kier molecular flexibility index (Phi) is 4.45. The monoisotopic (exact) mass is 389 g/mol. The van der Waals surface area contributed by atoms with Gasteiger partial charge in [-0.05, 0) is 73.5 Å². The summed E-state index contributed by atoms with van der Waals surface area (Å²) in [7, 11) is 0. The van der Waals surface area contributed by atoms with Gasteiger partial charge in [-0.3, -0.25) is 10.1 Å². The van der Waals surface area contributed by atoms with E-state index < -0.39 is 0 Å². The molecule has 2 aliphatic heterocycles. The van der Waals surface area contributed by atoms with Crippen LogP contribution in [0.25, 0.3) is 0 Å². The highest BCUT2D eigenvalue weighted by Gasteiger charge is 2.65.